The molecule has 0 aliphatic carbocycles. The van der Waals surface area contributed by atoms with Gasteiger partial charge in [-0.15, -0.1) is 0 Å². The van der Waals surface area contributed by atoms with E-state index in [1.165, 1.54) is 0 Å². The maximum Gasteiger partial charge on any atom is 0.239 e. The van der Waals surface area contributed by atoms with E-state index in [-0.39, 0.29) is 11.8 Å². The van der Waals surface area contributed by atoms with Crippen LogP contribution in [0.15, 0.2) is 30.3 Å². The average molecular weight is 259 g/mol. The van der Waals surface area contributed by atoms with E-state index in [0.717, 1.165) is 5.56 Å². The molecule has 2 unspecified atom stereocenters. The van der Waals surface area contributed by atoms with Crippen LogP contribution < -0.4 is 5.73 Å². The monoisotopic (exact) mass is 259 g/mol. The number of rotatable bonds is 6. The maximum atomic E-state index is 12.2. The van der Waals surface area contributed by atoms with Crippen LogP contribution in [-0.4, -0.2) is 29.9 Å². The summed E-state index contributed by atoms with van der Waals surface area (Å²) in [4.78, 5) is 13.9. The average Bonchev–Trinajstić information content (AvgIpc) is 2.44. The second-order valence-corrected chi connectivity index (χ2v) is 4.70. The Morgan fingerprint density at radius 1 is 1.42 bits per heavy atom. The molecule has 1 aromatic rings. The van der Waals surface area contributed by atoms with Crippen LogP contribution >= 0.6 is 0 Å². The smallest absolute Gasteiger partial charge is 0.239 e. The number of nitrogens with two attached hydrogens (primary N) is 1. The van der Waals surface area contributed by atoms with Gasteiger partial charge in [0.2, 0.25) is 5.91 Å². The molecule has 0 saturated heterocycles. The number of carbonyl (C=O) groups excluding carboxylic acids is 1. The number of benzene rings is 1. The van der Waals surface area contributed by atoms with Crippen molar-refractivity contribution in [1.82, 2.24) is 4.90 Å². The minimum absolute atomic E-state index is 0.0894. The molecule has 2 N–H and O–H groups in total. The molecule has 1 aromatic carbocycles. The van der Waals surface area contributed by atoms with Crippen molar-refractivity contribution in [3.05, 3.63) is 35.9 Å². The zero-order valence-corrected chi connectivity index (χ0v) is 11.5. The standard InChI is InChI=1S/C15H21N3O/c1-3-18(11-12(2)10-16)15(19)14(17)9-13-7-5-4-6-8-13/h4-8,12,14H,3,9,11,17H2,1-2H3. The molecule has 4 heteroatoms. The second kappa shape index (κ2) is 7.55. The summed E-state index contributed by atoms with van der Waals surface area (Å²) in [6.07, 6.45) is 0.525. The van der Waals surface area contributed by atoms with E-state index in [4.69, 9.17) is 11.0 Å². The van der Waals surface area contributed by atoms with Crippen molar-refractivity contribution in [1.29, 1.82) is 5.26 Å². The van der Waals surface area contributed by atoms with Gasteiger partial charge in [-0.05, 0) is 25.8 Å². The molecule has 1 amide bonds. The Kier molecular flexibility index (Phi) is 6.04. The van der Waals surface area contributed by atoms with Gasteiger partial charge in [0.1, 0.15) is 0 Å². The molecule has 0 fully saturated rings. The van der Waals surface area contributed by atoms with Crippen LogP contribution in [0.25, 0.3) is 0 Å². The van der Waals surface area contributed by atoms with Gasteiger partial charge in [-0.2, -0.15) is 5.26 Å². The highest BCUT2D eigenvalue weighted by atomic mass is 16.2. The van der Waals surface area contributed by atoms with Crippen LogP contribution in [0.4, 0.5) is 0 Å². The van der Waals surface area contributed by atoms with Crippen LogP contribution in [0.1, 0.15) is 19.4 Å². The molecular weight excluding hydrogens is 238 g/mol. The Morgan fingerprint density at radius 3 is 2.58 bits per heavy atom. The summed E-state index contributed by atoms with van der Waals surface area (Å²) >= 11 is 0. The molecule has 0 heterocycles. The van der Waals surface area contributed by atoms with Gasteiger partial charge in [0.15, 0.2) is 0 Å². The van der Waals surface area contributed by atoms with Crippen molar-refractivity contribution in [2.45, 2.75) is 26.3 Å². The normalized spacial score (nSPS) is 13.4. The number of amides is 1. The van der Waals surface area contributed by atoms with Gasteiger partial charge in [-0.1, -0.05) is 30.3 Å². The number of hydrogen-bond acceptors (Lipinski definition) is 3. The van der Waals surface area contributed by atoms with E-state index < -0.39 is 6.04 Å². The van der Waals surface area contributed by atoms with Gasteiger partial charge < -0.3 is 10.6 Å². The molecule has 0 bridgehead atoms. The van der Waals surface area contributed by atoms with Gasteiger partial charge in [0.05, 0.1) is 18.0 Å². The molecule has 19 heavy (non-hydrogen) atoms. The Labute approximate surface area is 114 Å². The lowest BCUT2D eigenvalue weighted by Gasteiger charge is -2.25. The van der Waals surface area contributed by atoms with E-state index >= 15 is 0 Å². The van der Waals surface area contributed by atoms with E-state index in [2.05, 4.69) is 6.07 Å². The number of likely N-dealkylation sites (N-methyl/N-ethyl adjacent to an activating group) is 1. The largest absolute Gasteiger partial charge is 0.340 e. The fourth-order valence-electron chi connectivity index (χ4n) is 1.94. The van der Waals surface area contributed by atoms with Crippen molar-refractivity contribution >= 4 is 5.91 Å². The van der Waals surface area contributed by atoms with Gasteiger partial charge in [0.25, 0.3) is 0 Å². The minimum atomic E-state index is -0.548. The van der Waals surface area contributed by atoms with E-state index in [9.17, 15) is 4.79 Å². The van der Waals surface area contributed by atoms with Crippen LogP contribution in [0.5, 0.6) is 0 Å². The summed E-state index contributed by atoms with van der Waals surface area (Å²) in [5.74, 6) is -0.263. The lowest BCUT2D eigenvalue weighted by atomic mass is 10.0. The minimum Gasteiger partial charge on any atom is -0.340 e. The predicted molar refractivity (Wildman–Crippen MR) is 75.2 cm³/mol. The highest BCUT2D eigenvalue weighted by molar-refractivity contribution is 5.82. The highest BCUT2D eigenvalue weighted by Gasteiger charge is 2.21. The molecule has 4 nitrogen and oxygen atoms in total. The topological polar surface area (TPSA) is 70.1 Å². The quantitative estimate of drug-likeness (QED) is 0.843. The molecule has 102 valence electrons. The second-order valence-electron chi connectivity index (χ2n) is 4.70. The molecular formula is C15H21N3O. The molecule has 0 saturated carbocycles. The summed E-state index contributed by atoms with van der Waals surface area (Å²) in [7, 11) is 0. The Morgan fingerprint density at radius 2 is 2.05 bits per heavy atom. The third-order valence-corrected chi connectivity index (χ3v) is 3.02. The van der Waals surface area contributed by atoms with Crippen LogP contribution in [0, 0.1) is 17.2 Å². The third-order valence-electron chi connectivity index (χ3n) is 3.02. The number of nitriles is 1. The number of hydrogen-bond donors (Lipinski definition) is 1. The van der Waals surface area contributed by atoms with Gasteiger partial charge in [0, 0.05) is 13.1 Å². The summed E-state index contributed by atoms with van der Waals surface area (Å²) in [6.45, 7) is 4.72. The Bertz CT molecular complexity index is 438. The molecule has 1 rings (SSSR count). The fraction of sp³-hybridized carbons (Fsp3) is 0.467. The van der Waals surface area contributed by atoms with Gasteiger partial charge in [-0.3, -0.25) is 4.79 Å². The molecule has 0 radical (unpaired) electrons. The van der Waals surface area contributed by atoms with Gasteiger partial charge in [-0.25, -0.2) is 0 Å². The third kappa shape index (κ3) is 4.72. The zero-order valence-electron chi connectivity index (χ0n) is 11.5. The van der Waals surface area contributed by atoms with Crippen LogP contribution in [0.2, 0.25) is 0 Å². The SMILES string of the molecule is CCN(CC(C)C#N)C(=O)C(N)Cc1ccccc1. The first kappa shape index (κ1) is 15.2. The molecule has 0 aliphatic rings. The molecule has 0 spiro atoms. The Balaban J connectivity index is 2.62. The highest BCUT2D eigenvalue weighted by Crippen LogP contribution is 2.06. The van der Waals surface area contributed by atoms with Crippen molar-refractivity contribution in [2.75, 3.05) is 13.1 Å². The summed E-state index contributed by atoms with van der Waals surface area (Å²) in [5, 5.41) is 8.82. The number of carbonyl (C=O) groups is 1. The van der Waals surface area contributed by atoms with Crippen molar-refractivity contribution in [2.24, 2.45) is 11.7 Å². The Hall–Kier alpha value is -1.86. The first-order valence-corrected chi connectivity index (χ1v) is 6.56. The fourth-order valence-corrected chi connectivity index (χ4v) is 1.94. The van der Waals surface area contributed by atoms with E-state index in [1.807, 2.05) is 37.3 Å². The van der Waals surface area contributed by atoms with Crippen molar-refractivity contribution in [3.63, 3.8) is 0 Å². The van der Waals surface area contributed by atoms with E-state index in [0.29, 0.717) is 19.5 Å². The van der Waals surface area contributed by atoms with Crippen molar-refractivity contribution in [3.8, 4) is 6.07 Å². The zero-order chi connectivity index (χ0) is 14.3. The molecule has 0 aromatic heterocycles. The summed E-state index contributed by atoms with van der Waals surface area (Å²) in [6, 6.07) is 11.3. The van der Waals surface area contributed by atoms with Crippen molar-refractivity contribution < 1.29 is 4.79 Å². The predicted octanol–water partition coefficient (Wildman–Crippen LogP) is 1.56. The van der Waals surface area contributed by atoms with Gasteiger partial charge >= 0.3 is 0 Å². The summed E-state index contributed by atoms with van der Waals surface area (Å²) < 4.78 is 0. The molecule has 2 atom stereocenters. The first-order valence-electron chi connectivity index (χ1n) is 6.56. The lowest BCUT2D eigenvalue weighted by Crippen LogP contribution is -2.46. The summed E-state index contributed by atoms with van der Waals surface area (Å²) in [5.41, 5.74) is 7.02. The lowest BCUT2D eigenvalue weighted by molar-refractivity contribution is -0.132. The van der Waals surface area contributed by atoms with Crippen LogP contribution in [0.3, 0.4) is 0 Å². The van der Waals surface area contributed by atoms with Crippen LogP contribution in [-0.2, 0) is 11.2 Å². The molecule has 0 aliphatic heterocycles. The number of nitrogens with zero attached hydrogens (tertiary/aromatic N) is 2. The maximum absolute atomic E-state index is 12.2. The first-order chi connectivity index (χ1) is 9.08. The van der Waals surface area contributed by atoms with E-state index in [1.54, 1.807) is 11.8 Å².